The summed E-state index contributed by atoms with van der Waals surface area (Å²) in [4.78, 5) is 0. The maximum absolute atomic E-state index is 5.73. The van der Waals surface area contributed by atoms with Crippen molar-refractivity contribution in [1.29, 1.82) is 0 Å². The lowest BCUT2D eigenvalue weighted by Crippen LogP contribution is -2.09. The summed E-state index contributed by atoms with van der Waals surface area (Å²) in [7, 11) is 1.70. The van der Waals surface area contributed by atoms with E-state index in [9.17, 15) is 0 Å². The molecule has 0 fully saturated rings. The van der Waals surface area contributed by atoms with E-state index in [0.717, 1.165) is 11.1 Å². The summed E-state index contributed by atoms with van der Waals surface area (Å²) in [5, 5.41) is 2.39. The highest BCUT2D eigenvalue weighted by Crippen LogP contribution is 2.31. The van der Waals surface area contributed by atoms with Gasteiger partial charge in [-0.25, -0.2) is 0 Å². The monoisotopic (exact) mass is 215 g/mol. The number of benzene rings is 2. The minimum Gasteiger partial charge on any atom is -0.496 e. The van der Waals surface area contributed by atoms with Crippen LogP contribution in [0.5, 0.6) is 5.75 Å². The Bertz CT molecular complexity index is 493. The Morgan fingerprint density at radius 3 is 2.44 bits per heavy atom. The smallest absolute Gasteiger partial charge is 0.126 e. The molecule has 2 aromatic rings. The maximum atomic E-state index is 5.73. The van der Waals surface area contributed by atoms with Crippen molar-refractivity contribution in [3.8, 4) is 5.75 Å². The predicted octanol–water partition coefficient (Wildman–Crippen LogP) is 2.91. The molecule has 0 aromatic heterocycles. The van der Waals surface area contributed by atoms with Crippen LogP contribution in [0.25, 0.3) is 10.8 Å². The number of methoxy groups -OCH3 is 1. The van der Waals surface area contributed by atoms with Gasteiger partial charge in [0.25, 0.3) is 0 Å². The Labute approximate surface area is 96.0 Å². The van der Waals surface area contributed by atoms with Crippen LogP contribution >= 0.6 is 0 Å². The van der Waals surface area contributed by atoms with Crippen molar-refractivity contribution in [2.24, 2.45) is 5.73 Å². The number of hydrogen-bond donors (Lipinski definition) is 1. The van der Waals surface area contributed by atoms with Gasteiger partial charge in [0.2, 0.25) is 0 Å². The molecule has 0 spiro atoms. The number of ether oxygens (including phenoxy) is 1. The fraction of sp³-hybridized carbons (Fsp3) is 0.286. The summed E-state index contributed by atoms with van der Waals surface area (Å²) in [6, 6.07) is 12.4. The van der Waals surface area contributed by atoms with Crippen LogP contribution in [0.2, 0.25) is 0 Å². The van der Waals surface area contributed by atoms with Gasteiger partial charge in [-0.15, -0.1) is 0 Å². The molecule has 0 heterocycles. The van der Waals surface area contributed by atoms with Crippen molar-refractivity contribution >= 4 is 10.8 Å². The lowest BCUT2D eigenvalue weighted by molar-refractivity contribution is 0.419. The Morgan fingerprint density at radius 2 is 1.81 bits per heavy atom. The molecule has 0 radical (unpaired) electrons. The zero-order valence-electron chi connectivity index (χ0n) is 9.73. The number of fused-ring (bicyclic) bond motifs is 1. The summed E-state index contributed by atoms with van der Waals surface area (Å²) >= 11 is 0. The quantitative estimate of drug-likeness (QED) is 0.854. The number of hydrogen-bond acceptors (Lipinski definition) is 2. The minimum absolute atomic E-state index is 0.371. The summed E-state index contributed by atoms with van der Waals surface area (Å²) < 4.78 is 5.36. The van der Waals surface area contributed by atoms with Crippen LogP contribution in [0, 0.1) is 0 Å². The van der Waals surface area contributed by atoms with E-state index in [-0.39, 0.29) is 0 Å². The topological polar surface area (TPSA) is 35.2 Å². The standard InChI is InChI=1S/C14H17NO/c1-10(9-15)11-7-8-14(16-2)13-6-4-3-5-12(11)13/h3-8,10H,9,15H2,1-2H3. The minimum atomic E-state index is 0.371. The van der Waals surface area contributed by atoms with Crippen molar-refractivity contribution in [2.45, 2.75) is 12.8 Å². The van der Waals surface area contributed by atoms with Gasteiger partial charge in [0.1, 0.15) is 5.75 Å². The van der Waals surface area contributed by atoms with Gasteiger partial charge in [0.15, 0.2) is 0 Å². The van der Waals surface area contributed by atoms with Crippen LogP contribution in [-0.2, 0) is 0 Å². The van der Waals surface area contributed by atoms with Crippen LogP contribution in [0.1, 0.15) is 18.4 Å². The van der Waals surface area contributed by atoms with Crippen molar-refractivity contribution < 1.29 is 4.74 Å². The molecular weight excluding hydrogens is 198 g/mol. The number of rotatable bonds is 3. The van der Waals surface area contributed by atoms with Crippen LogP contribution < -0.4 is 10.5 Å². The fourth-order valence-electron chi connectivity index (χ4n) is 2.03. The Hall–Kier alpha value is -1.54. The molecule has 0 amide bonds. The van der Waals surface area contributed by atoms with E-state index in [2.05, 4.69) is 31.2 Å². The molecule has 0 aliphatic carbocycles. The summed E-state index contributed by atoms with van der Waals surface area (Å²) in [6.07, 6.45) is 0. The molecule has 84 valence electrons. The van der Waals surface area contributed by atoms with Gasteiger partial charge in [-0.3, -0.25) is 0 Å². The first-order valence-electron chi connectivity index (χ1n) is 5.53. The van der Waals surface area contributed by atoms with Gasteiger partial charge in [0.05, 0.1) is 7.11 Å². The molecule has 0 saturated heterocycles. The maximum Gasteiger partial charge on any atom is 0.126 e. The average Bonchev–Trinajstić information content (AvgIpc) is 2.36. The van der Waals surface area contributed by atoms with E-state index in [0.29, 0.717) is 12.5 Å². The SMILES string of the molecule is COc1ccc(C(C)CN)c2ccccc12. The molecule has 1 unspecified atom stereocenters. The van der Waals surface area contributed by atoms with E-state index in [4.69, 9.17) is 10.5 Å². The fourth-order valence-corrected chi connectivity index (χ4v) is 2.03. The van der Waals surface area contributed by atoms with E-state index in [1.165, 1.54) is 10.9 Å². The molecule has 2 aromatic carbocycles. The Kier molecular flexibility index (Phi) is 3.11. The molecular formula is C14H17NO. The molecule has 0 saturated carbocycles. The van der Waals surface area contributed by atoms with Gasteiger partial charge < -0.3 is 10.5 Å². The summed E-state index contributed by atoms with van der Waals surface area (Å²) in [5.41, 5.74) is 7.03. The van der Waals surface area contributed by atoms with E-state index < -0.39 is 0 Å². The number of nitrogens with two attached hydrogens (primary N) is 1. The second-order valence-electron chi connectivity index (χ2n) is 4.04. The lowest BCUT2D eigenvalue weighted by Gasteiger charge is -2.14. The van der Waals surface area contributed by atoms with Gasteiger partial charge in [0, 0.05) is 5.39 Å². The van der Waals surface area contributed by atoms with Crippen molar-refractivity contribution in [3.05, 3.63) is 42.0 Å². The van der Waals surface area contributed by atoms with E-state index >= 15 is 0 Å². The normalized spacial score (nSPS) is 12.7. The summed E-state index contributed by atoms with van der Waals surface area (Å²) in [5.74, 6) is 1.29. The largest absolute Gasteiger partial charge is 0.496 e. The Morgan fingerprint density at radius 1 is 1.12 bits per heavy atom. The Balaban J connectivity index is 2.69. The molecule has 2 nitrogen and oxygen atoms in total. The van der Waals surface area contributed by atoms with Crippen LogP contribution in [0.15, 0.2) is 36.4 Å². The highest BCUT2D eigenvalue weighted by atomic mass is 16.5. The van der Waals surface area contributed by atoms with Crippen LogP contribution in [-0.4, -0.2) is 13.7 Å². The molecule has 1 atom stereocenters. The molecule has 2 heteroatoms. The van der Waals surface area contributed by atoms with Crippen LogP contribution in [0.4, 0.5) is 0 Å². The second-order valence-corrected chi connectivity index (χ2v) is 4.04. The molecule has 2 rings (SSSR count). The van der Waals surface area contributed by atoms with E-state index in [1.54, 1.807) is 7.11 Å². The molecule has 0 aliphatic rings. The third-order valence-electron chi connectivity index (χ3n) is 3.02. The molecule has 0 aliphatic heterocycles. The first kappa shape index (κ1) is 11.0. The van der Waals surface area contributed by atoms with Crippen molar-refractivity contribution in [1.82, 2.24) is 0 Å². The average molecular weight is 215 g/mol. The highest BCUT2D eigenvalue weighted by molar-refractivity contribution is 5.91. The first-order chi connectivity index (χ1) is 7.77. The molecule has 16 heavy (non-hydrogen) atoms. The zero-order chi connectivity index (χ0) is 11.5. The van der Waals surface area contributed by atoms with Gasteiger partial charge in [-0.05, 0) is 29.5 Å². The first-order valence-corrected chi connectivity index (χ1v) is 5.53. The second kappa shape index (κ2) is 4.54. The van der Waals surface area contributed by atoms with Crippen molar-refractivity contribution in [2.75, 3.05) is 13.7 Å². The third kappa shape index (κ3) is 1.76. The highest BCUT2D eigenvalue weighted by Gasteiger charge is 2.10. The zero-order valence-corrected chi connectivity index (χ0v) is 9.73. The molecule has 0 bridgehead atoms. The third-order valence-corrected chi connectivity index (χ3v) is 3.02. The van der Waals surface area contributed by atoms with Crippen molar-refractivity contribution in [3.63, 3.8) is 0 Å². The van der Waals surface area contributed by atoms with Crippen LogP contribution in [0.3, 0.4) is 0 Å². The summed E-state index contributed by atoms with van der Waals surface area (Å²) in [6.45, 7) is 2.81. The van der Waals surface area contributed by atoms with Gasteiger partial charge >= 0.3 is 0 Å². The lowest BCUT2D eigenvalue weighted by atomic mass is 9.94. The molecule has 2 N–H and O–H groups in total. The van der Waals surface area contributed by atoms with Gasteiger partial charge in [-0.2, -0.15) is 0 Å². The van der Waals surface area contributed by atoms with Gasteiger partial charge in [-0.1, -0.05) is 37.3 Å². The van der Waals surface area contributed by atoms with E-state index in [1.807, 2.05) is 12.1 Å². The predicted molar refractivity (Wildman–Crippen MR) is 68.0 cm³/mol.